The fourth-order valence-corrected chi connectivity index (χ4v) is 5.92. The summed E-state index contributed by atoms with van der Waals surface area (Å²) in [5.41, 5.74) is 3.50. The van der Waals surface area contributed by atoms with Crippen molar-refractivity contribution in [3.63, 3.8) is 0 Å². The number of hydrogen-bond acceptors (Lipinski definition) is 5. The van der Waals surface area contributed by atoms with E-state index < -0.39 is 5.60 Å². The van der Waals surface area contributed by atoms with Crippen molar-refractivity contribution in [1.29, 1.82) is 0 Å². The standard InChI is InChI=1S/C24H20ClNOS.C3H7NS/c25-21-8-2-1-5-16(21)13-19-14-17-6-3-7-20(23(17)28-19)22-15-18(9-12-26-22)24(27)10-4-11-24;4-5-3-1-2-3/h1-3,5-9,12,14-15,27H,4,10-11,13H2;3H,1-2,4H2. The highest BCUT2D eigenvalue weighted by Crippen LogP contribution is 2.42. The summed E-state index contributed by atoms with van der Waals surface area (Å²) in [5, 5.41) is 18.7. The number of nitrogens with two attached hydrogens (primary N) is 1. The second kappa shape index (κ2) is 9.77. The second-order valence-corrected chi connectivity index (χ2v) is 11.3. The molecule has 6 heteroatoms. The largest absolute Gasteiger partial charge is 0.385 e. The van der Waals surface area contributed by atoms with Crippen molar-refractivity contribution < 1.29 is 5.11 Å². The molecule has 2 aliphatic carbocycles. The summed E-state index contributed by atoms with van der Waals surface area (Å²) >= 11 is 9.64. The number of halogens is 1. The summed E-state index contributed by atoms with van der Waals surface area (Å²) in [6, 6.07) is 20.6. The Morgan fingerprint density at radius 3 is 2.58 bits per heavy atom. The molecular weight excluding hydrogens is 468 g/mol. The summed E-state index contributed by atoms with van der Waals surface area (Å²) in [7, 11) is 0. The van der Waals surface area contributed by atoms with Gasteiger partial charge in [0.2, 0.25) is 0 Å². The monoisotopic (exact) mass is 494 g/mol. The molecule has 2 aromatic carbocycles. The Bertz CT molecular complexity index is 1260. The second-order valence-electron chi connectivity index (χ2n) is 8.86. The van der Waals surface area contributed by atoms with Crippen LogP contribution >= 0.6 is 34.9 Å². The average Bonchev–Trinajstić information content (AvgIpc) is 3.57. The van der Waals surface area contributed by atoms with Crippen LogP contribution in [0.15, 0.2) is 66.9 Å². The lowest BCUT2D eigenvalue weighted by Crippen LogP contribution is -2.33. The third-order valence-electron chi connectivity index (χ3n) is 6.39. The van der Waals surface area contributed by atoms with E-state index in [0.29, 0.717) is 0 Å². The minimum absolute atomic E-state index is 0.670. The summed E-state index contributed by atoms with van der Waals surface area (Å²) < 4.78 is 1.23. The molecule has 0 saturated heterocycles. The molecule has 0 aliphatic heterocycles. The highest BCUT2D eigenvalue weighted by Gasteiger charge is 2.36. The quantitative estimate of drug-likeness (QED) is 0.285. The predicted molar refractivity (Wildman–Crippen MR) is 142 cm³/mol. The molecule has 6 rings (SSSR count). The molecule has 3 N–H and O–H groups in total. The molecule has 4 aromatic rings. The Hall–Kier alpha value is -1.89. The van der Waals surface area contributed by atoms with Gasteiger partial charge in [-0.3, -0.25) is 10.1 Å². The van der Waals surface area contributed by atoms with Crippen LogP contribution in [-0.4, -0.2) is 15.3 Å². The van der Waals surface area contributed by atoms with E-state index >= 15 is 0 Å². The Balaban J connectivity index is 0.000000406. The molecular formula is C27H27ClN2OS2. The zero-order valence-electron chi connectivity index (χ0n) is 18.3. The number of benzene rings is 2. The molecule has 170 valence electrons. The average molecular weight is 495 g/mol. The summed E-state index contributed by atoms with van der Waals surface area (Å²) in [6.45, 7) is 0. The molecule has 0 amide bonds. The third-order valence-corrected chi connectivity index (χ3v) is 8.80. The summed E-state index contributed by atoms with van der Waals surface area (Å²) in [5.74, 6) is 0. The highest BCUT2D eigenvalue weighted by molar-refractivity contribution is 7.97. The van der Waals surface area contributed by atoms with Crippen molar-refractivity contribution in [3.8, 4) is 11.3 Å². The van der Waals surface area contributed by atoms with Gasteiger partial charge in [0.25, 0.3) is 0 Å². The van der Waals surface area contributed by atoms with Crippen molar-refractivity contribution in [3.05, 3.63) is 87.9 Å². The van der Waals surface area contributed by atoms with Gasteiger partial charge < -0.3 is 5.11 Å². The number of nitrogens with zero attached hydrogens (tertiary/aromatic N) is 1. The molecule has 0 atom stereocenters. The number of thiophene rings is 1. The van der Waals surface area contributed by atoms with E-state index in [1.54, 1.807) is 11.3 Å². The summed E-state index contributed by atoms with van der Waals surface area (Å²) in [6.07, 6.45) is 8.09. The van der Waals surface area contributed by atoms with Crippen LogP contribution in [0.4, 0.5) is 0 Å². The molecule has 2 fully saturated rings. The van der Waals surface area contributed by atoms with E-state index in [4.69, 9.17) is 16.7 Å². The molecule has 2 aromatic heterocycles. The lowest BCUT2D eigenvalue weighted by molar-refractivity contribution is -0.0388. The fourth-order valence-electron chi connectivity index (χ4n) is 4.11. The molecule has 2 saturated carbocycles. The van der Waals surface area contributed by atoms with E-state index in [0.717, 1.165) is 58.3 Å². The minimum Gasteiger partial charge on any atom is -0.385 e. The first kappa shape index (κ1) is 22.9. The van der Waals surface area contributed by atoms with Gasteiger partial charge in [0.15, 0.2) is 0 Å². The number of aliphatic hydroxyl groups is 1. The molecule has 0 spiro atoms. The van der Waals surface area contributed by atoms with Crippen LogP contribution < -0.4 is 5.14 Å². The first-order valence-electron chi connectivity index (χ1n) is 11.4. The highest BCUT2D eigenvalue weighted by atomic mass is 35.5. The number of pyridine rings is 1. The minimum atomic E-state index is -0.670. The number of fused-ring (bicyclic) bond motifs is 1. The Morgan fingerprint density at radius 2 is 1.91 bits per heavy atom. The molecule has 0 unspecified atom stereocenters. The van der Waals surface area contributed by atoms with Gasteiger partial charge in [-0.05, 0) is 72.9 Å². The predicted octanol–water partition coefficient (Wildman–Crippen LogP) is 7.33. The maximum atomic E-state index is 10.7. The Kier molecular flexibility index (Phi) is 6.77. The van der Waals surface area contributed by atoms with Crippen LogP contribution in [0.25, 0.3) is 21.3 Å². The SMILES string of the molecule is NSC1CC1.OC1(c2ccnc(-c3cccc4cc(Cc5ccccc5Cl)sc34)c2)CCC1. The third kappa shape index (κ3) is 5.13. The fraction of sp³-hybridized carbons (Fsp3) is 0.296. The molecule has 2 aliphatic rings. The van der Waals surface area contributed by atoms with Gasteiger partial charge >= 0.3 is 0 Å². The molecule has 33 heavy (non-hydrogen) atoms. The van der Waals surface area contributed by atoms with E-state index in [1.807, 2.05) is 30.5 Å². The van der Waals surface area contributed by atoms with Gasteiger partial charge in [0.1, 0.15) is 0 Å². The Morgan fingerprint density at radius 1 is 1.09 bits per heavy atom. The van der Waals surface area contributed by atoms with Gasteiger partial charge in [0.05, 0.1) is 11.3 Å². The van der Waals surface area contributed by atoms with Crippen molar-refractivity contribution in [2.75, 3.05) is 0 Å². The zero-order chi connectivity index (χ0) is 22.8. The summed E-state index contributed by atoms with van der Waals surface area (Å²) in [4.78, 5) is 5.90. The van der Waals surface area contributed by atoms with Crippen molar-refractivity contribution in [2.45, 2.75) is 49.4 Å². The van der Waals surface area contributed by atoms with Crippen LogP contribution in [0.2, 0.25) is 5.02 Å². The van der Waals surface area contributed by atoms with Crippen molar-refractivity contribution in [1.82, 2.24) is 4.98 Å². The van der Waals surface area contributed by atoms with Crippen LogP contribution in [0.5, 0.6) is 0 Å². The maximum Gasteiger partial charge on any atom is 0.0897 e. The van der Waals surface area contributed by atoms with Gasteiger partial charge in [-0.1, -0.05) is 59.9 Å². The lowest BCUT2D eigenvalue weighted by Gasteiger charge is -2.37. The normalized spacial score (nSPS) is 16.7. The first-order chi connectivity index (χ1) is 16.1. The van der Waals surface area contributed by atoms with E-state index in [2.05, 4.69) is 41.4 Å². The zero-order valence-corrected chi connectivity index (χ0v) is 20.7. The van der Waals surface area contributed by atoms with Crippen molar-refractivity contribution >= 4 is 45.0 Å². The maximum absolute atomic E-state index is 10.7. The van der Waals surface area contributed by atoms with E-state index in [-0.39, 0.29) is 0 Å². The van der Waals surface area contributed by atoms with Crippen molar-refractivity contribution in [2.24, 2.45) is 5.14 Å². The lowest BCUT2D eigenvalue weighted by atomic mass is 9.75. The Labute approximate surface area is 208 Å². The van der Waals surface area contributed by atoms with Crippen LogP contribution in [0, 0.1) is 0 Å². The van der Waals surface area contributed by atoms with E-state index in [9.17, 15) is 5.11 Å². The van der Waals surface area contributed by atoms with Gasteiger partial charge in [-0.15, -0.1) is 11.3 Å². The molecule has 2 heterocycles. The number of rotatable bonds is 5. The number of aromatic nitrogens is 1. The topological polar surface area (TPSA) is 59.1 Å². The van der Waals surface area contributed by atoms with Crippen LogP contribution in [0.3, 0.4) is 0 Å². The molecule has 3 nitrogen and oxygen atoms in total. The molecule has 0 bridgehead atoms. The van der Waals surface area contributed by atoms with Gasteiger partial charge in [-0.2, -0.15) is 0 Å². The van der Waals surface area contributed by atoms with Gasteiger partial charge in [-0.25, -0.2) is 0 Å². The van der Waals surface area contributed by atoms with E-state index in [1.165, 1.54) is 39.8 Å². The van der Waals surface area contributed by atoms with Gasteiger partial charge in [0, 0.05) is 38.0 Å². The molecule has 0 radical (unpaired) electrons. The number of hydrogen-bond donors (Lipinski definition) is 2. The first-order valence-corrected chi connectivity index (χ1v) is 13.5. The smallest absolute Gasteiger partial charge is 0.0897 e. The van der Waals surface area contributed by atoms with Crippen LogP contribution in [-0.2, 0) is 12.0 Å². The van der Waals surface area contributed by atoms with Crippen LogP contribution in [0.1, 0.15) is 48.1 Å².